The third-order valence-corrected chi connectivity index (χ3v) is 17.8. The maximum atomic E-state index is 13.4. The monoisotopic (exact) mass is 1230 g/mol. The van der Waals surface area contributed by atoms with Gasteiger partial charge in [0.2, 0.25) is 5.91 Å². The van der Waals surface area contributed by atoms with E-state index >= 15 is 0 Å². The number of carbonyl (C=O) groups is 1. The number of aliphatic hydroxyl groups excluding tert-OH is 11. The highest BCUT2D eigenvalue weighted by Gasteiger charge is 2.53. The fourth-order valence-electron chi connectivity index (χ4n) is 12.1. The van der Waals surface area contributed by atoms with Crippen molar-refractivity contribution in [1.82, 2.24) is 5.32 Å². The van der Waals surface area contributed by atoms with Crippen LogP contribution in [0.25, 0.3) is 0 Å². The first-order chi connectivity index (χ1) is 41.8. The molecule has 17 unspecified atom stereocenters. The lowest BCUT2D eigenvalue weighted by atomic mass is 9.96. The SMILES string of the molecule is CCCCCC/C=C\CCCCCCCC(=O)NC(COC1OC(CO)C(OC2OC(CO)C(OC3OC(CO)C(O)C(O)C3O)C(O)C2O)C(O)C1O)C(O)CCCCCCCCCCCCCCCCCCCCCCCCCCCCCC. The predicted octanol–water partition coefficient (Wildman–Crippen LogP) is 8.89. The van der Waals surface area contributed by atoms with E-state index < -0.39 is 124 Å². The van der Waals surface area contributed by atoms with E-state index in [-0.39, 0.29) is 18.9 Å². The van der Waals surface area contributed by atoms with Crippen LogP contribution in [0.15, 0.2) is 12.2 Å². The van der Waals surface area contributed by atoms with Gasteiger partial charge in [-0.15, -0.1) is 0 Å². The number of aliphatic hydroxyl groups is 11. The summed E-state index contributed by atoms with van der Waals surface area (Å²) in [5.74, 6) is -0.249. The van der Waals surface area contributed by atoms with Crippen LogP contribution in [-0.4, -0.2) is 193 Å². The molecule has 3 aliphatic heterocycles. The van der Waals surface area contributed by atoms with E-state index in [4.69, 9.17) is 28.4 Å². The molecule has 19 heteroatoms. The summed E-state index contributed by atoms with van der Waals surface area (Å²) >= 11 is 0. The first-order valence-corrected chi connectivity index (χ1v) is 34.9. The normalized spacial score (nSPS) is 28.8. The summed E-state index contributed by atoms with van der Waals surface area (Å²) in [7, 11) is 0. The summed E-state index contributed by atoms with van der Waals surface area (Å²) in [6, 6.07) is -0.888. The lowest BCUT2D eigenvalue weighted by molar-refractivity contribution is -0.379. The maximum Gasteiger partial charge on any atom is 0.220 e. The van der Waals surface area contributed by atoms with Gasteiger partial charge in [0.25, 0.3) is 0 Å². The lowest BCUT2D eigenvalue weighted by Gasteiger charge is -2.48. The molecule has 0 aromatic carbocycles. The quantitative estimate of drug-likeness (QED) is 0.0200. The second-order valence-corrected chi connectivity index (χ2v) is 25.3. The van der Waals surface area contributed by atoms with Crippen LogP contribution in [0.1, 0.15) is 277 Å². The van der Waals surface area contributed by atoms with Crippen LogP contribution in [0.5, 0.6) is 0 Å². The van der Waals surface area contributed by atoms with Crippen molar-refractivity contribution in [1.29, 1.82) is 0 Å². The van der Waals surface area contributed by atoms with Gasteiger partial charge < -0.3 is 89.9 Å². The Kier molecular flexibility index (Phi) is 45.9. The van der Waals surface area contributed by atoms with Crippen molar-refractivity contribution < 1.29 is 89.4 Å². The van der Waals surface area contributed by atoms with Crippen LogP contribution in [0.3, 0.4) is 0 Å². The standard InChI is InChI=1S/C67H127NO18/c1-3-5-7-9-11-13-15-17-18-19-20-21-22-23-24-25-26-27-28-29-30-31-33-34-36-38-40-42-44-51(72)50(68-55(73)45-43-41-39-37-35-32-16-14-12-10-8-6-4-2)49-81-65-61(79)58(76)63(53(47-70)83-65)86-67-62(80)59(77)64(54(48-71)84-67)85-66-60(78)57(75)56(74)52(46-69)82-66/h14,16,50-54,56-67,69-72,74-80H,3-13,15,17-49H2,1-2H3,(H,68,73)/b16-14-. The molecular formula is C67H127NO18. The summed E-state index contributed by atoms with van der Waals surface area (Å²) in [4.78, 5) is 13.4. The zero-order chi connectivity index (χ0) is 62.6. The van der Waals surface area contributed by atoms with Gasteiger partial charge in [-0.05, 0) is 38.5 Å². The van der Waals surface area contributed by atoms with Gasteiger partial charge in [-0.1, -0.05) is 244 Å². The van der Waals surface area contributed by atoms with E-state index in [0.717, 1.165) is 64.2 Å². The number of unbranched alkanes of at least 4 members (excludes halogenated alkanes) is 36. The van der Waals surface area contributed by atoms with E-state index in [0.29, 0.717) is 12.8 Å². The summed E-state index contributed by atoms with van der Waals surface area (Å²) in [6.45, 7) is 1.80. The highest BCUT2D eigenvalue weighted by molar-refractivity contribution is 5.76. The molecule has 0 aromatic heterocycles. The van der Waals surface area contributed by atoms with Crippen LogP contribution in [0.2, 0.25) is 0 Å². The van der Waals surface area contributed by atoms with E-state index in [1.165, 1.54) is 180 Å². The van der Waals surface area contributed by atoms with Gasteiger partial charge in [0.1, 0.15) is 73.2 Å². The summed E-state index contributed by atoms with van der Waals surface area (Å²) < 4.78 is 34.4. The van der Waals surface area contributed by atoms with Crippen LogP contribution in [-0.2, 0) is 33.2 Å². The molecule has 3 fully saturated rings. The third-order valence-electron chi connectivity index (χ3n) is 17.8. The van der Waals surface area contributed by atoms with E-state index in [2.05, 4.69) is 31.3 Å². The molecule has 3 saturated heterocycles. The second-order valence-electron chi connectivity index (χ2n) is 25.3. The smallest absolute Gasteiger partial charge is 0.220 e. The van der Waals surface area contributed by atoms with E-state index in [9.17, 15) is 61.0 Å². The molecule has 0 spiro atoms. The minimum absolute atomic E-state index is 0.249. The van der Waals surface area contributed by atoms with Crippen LogP contribution >= 0.6 is 0 Å². The topological polar surface area (TPSA) is 307 Å². The van der Waals surface area contributed by atoms with Gasteiger partial charge in [0, 0.05) is 6.42 Å². The lowest BCUT2D eigenvalue weighted by Crippen LogP contribution is -2.66. The minimum Gasteiger partial charge on any atom is -0.394 e. The number of nitrogens with one attached hydrogen (secondary N) is 1. The summed E-state index contributed by atoms with van der Waals surface area (Å²) in [6.07, 6.45) is 27.4. The van der Waals surface area contributed by atoms with Crippen molar-refractivity contribution in [2.24, 2.45) is 0 Å². The molecule has 3 aliphatic rings. The van der Waals surface area contributed by atoms with Crippen molar-refractivity contribution in [3.8, 4) is 0 Å². The number of carbonyl (C=O) groups excluding carboxylic acids is 1. The fourth-order valence-corrected chi connectivity index (χ4v) is 12.1. The highest BCUT2D eigenvalue weighted by atomic mass is 16.8. The minimum atomic E-state index is -1.97. The van der Waals surface area contributed by atoms with Crippen LogP contribution < -0.4 is 5.32 Å². The zero-order valence-electron chi connectivity index (χ0n) is 53.6. The Labute approximate surface area is 518 Å². The van der Waals surface area contributed by atoms with Gasteiger partial charge in [-0.3, -0.25) is 4.79 Å². The summed E-state index contributed by atoms with van der Waals surface area (Å²) in [5.41, 5.74) is 0. The molecule has 0 aliphatic carbocycles. The predicted molar refractivity (Wildman–Crippen MR) is 333 cm³/mol. The Morgan fingerprint density at radius 3 is 1.14 bits per heavy atom. The Bertz CT molecular complexity index is 1620. The molecule has 12 N–H and O–H groups in total. The molecule has 86 heavy (non-hydrogen) atoms. The average molecular weight is 1230 g/mol. The maximum absolute atomic E-state index is 13.4. The van der Waals surface area contributed by atoms with Crippen molar-refractivity contribution in [3.05, 3.63) is 12.2 Å². The van der Waals surface area contributed by atoms with Crippen molar-refractivity contribution in [3.63, 3.8) is 0 Å². The number of allylic oxidation sites excluding steroid dienone is 2. The van der Waals surface area contributed by atoms with Crippen LogP contribution in [0.4, 0.5) is 0 Å². The molecule has 0 bridgehead atoms. The highest BCUT2D eigenvalue weighted by Crippen LogP contribution is 2.33. The van der Waals surface area contributed by atoms with Crippen molar-refractivity contribution >= 4 is 5.91 Å². The first kappa shape index (κ1) is 78.8. The van der Waals surface area contributed by atoms with Gasteiger partial charge >= 0.3 is 0 Å². The average Bonchev–Trinajstić information content (AvgIpc) is 2.26. The molecule has 3 rings (SSSR count). The molecule has 1 amide bonds. The van der Waals surface area contributed by atoms with Crippen molar-refractivity contribution in [2.45, 2.75) is 381 Å². The number of amides is 1. The first-order valence-electron chi connectivity index (χ1n) is 34.9. The molecule has 17 atom stereocenters. The van der Waals surface area contributed by atoms with E-state index in [1.807, 2.05) is 0 Å². The van der Waals surface area contributed by atoms with Gasteiger partial charge in [0.15, 0.2) is 18.9 Å². The van der Waals surface area contributed by atoms with Crippen LogP contribution in [0, 0.1) is 0 Å². The largest absolute Gasteiger partial charge is 0.394 e. The Balaban J connectivity index is 1.39. The van der Waals surface area contributed by atoms with Gasteiger partial charge in [-0.25, -0.2) is 0 Å². The Hall–Kier alpha value is -1.47. The summed E-state index contributed by atoms with van der Waals surface area (Å²) in [5, 5.41) is 121. The molecule has 3 heterocycles. The zero-order valence-corrected chi connectivity index (χ0v) is 53.6. The van der Waals surface area contributed by atoms with Gasteiger partial charge in [0.05, 0.1) is 38.6 Å². The van der Waals surface area contributed by atoms with Crippen molar-refractivity contribution in [2.75, 3.05) is 26.4 Å². The molecule has 0 saturated carbocycles. The molecule has 0 radical (unpaired) electrons. The van der Waals surface area contributed by atoms with Gasteiger partial charge in [-0.2, -0.15) is 0 Å². The second kappa shape index (κ2) is 50.1. The third kappa shape index (κ3) is 32.2. The molecule has 508 valence electrons. The Morgan fingerprint density at radius 2 is 0.733 bits per heavy atom. The van der Waals surface area contributed by atoms with E-state index in [1.54, 1.807) is 0 Å². The molecular weight excluding hydrogens is 1110 g/mol. The number of hydrogen-bond donors (Lipinski definition) is 12. The fraction of sp³-hybridized carbons (Fsp3) is 0.955. The number of hydrogen-bond acceptors (Lipinski definition) is 18. The molecule has 19 nitrogen and oxygen atoms in total. The molecule has 0 aromatic rings. The number of ether oxygens (including phenoxy) is 6. The number of rotatable bonds is 54. The Morgan fingerprint density at radius 1 is 0.407 bits per heavy atom.